The highest BCUT2D eigenvalue weighted by atomic mass is 15.3. The Morgan fingerprint density at radius 2 is 2.12 bits per heavy atom. The van der Waals surface area contributed by atoms with Gasteiger partial charge in [0.25, 0.3) is 0 Å². The molecular weight excluding hydrogens is 216 g/mol. The molecule has 0 unspecified atom stereocenters. The smallest absolute Gasteiger partial charge is 0.146 e. The molecule has 0 radical (unpaired) electrons. The minimum Gasteiger partial charge on any atom is -0.326 e. The molecule has 0 spiro atoms. The molecule has 1 N–H and O–H groups in total. The zero-order valence-corrected chi connectivity index (χ0v) is 10.5. The quantitative estimate of drug-likeness (QED) is 0.821. The Bertz CT molecular complexity index is 470. The van der Waals surface area contributed by atoms with Gasteiger partial charge in [0.2, 0.25) is 0 Å². The molecule has 2 aromatic rings. The van der Waals surface area contributed by atoms with E-state index in [2.05, 4.69) is 38.8 Å². The van der Waals surface area contributed by atoms with E-state index in [-0.39, 0.29) is 0 Å². The first kappa shape index (κ1) is 11.8. The van der Waals surface area contributed by atoms with Crippen LogP contribution in [0.25, 0.3) is 0 Å². The molecule has 0 saturated heterocycles. The van der Waals surface area contributed by atoms with Crippen LogP contribution in [0.5, 0.6) is 0 Å². The van der Waals surface area contributed by atoms with Gasteiger partial charge in [0.15, 0.2) is 0 Å². The van der Waals surface area contributed by atoms with Crippen molar-refractivity contribution < 1.29 is 0 Å². The van der Waals surface area contributed by atoms with Crippen LogP contribution in [-0.4, -0.2) is 30.4 Å². The molecule has 6 nitrogen and oxygen atoms in total. The highest BCUT2D eigenvalue weighted by Crippen LogP contribution is 2.02. The van der Waals surface area contributed by atoms with E-state index >= 15 is 0 Å². The lowest BCUT2D eigenvalue weighted by Crippen LogP contribution is -2.24. The van der Waals surface area contributed by atoms with E-state index in [0.717, 1.165) is 18.2 Å². The van der Waals surface area contributed by atoms with Crippen LogP contribution >= 0.6 is 0 Å². The third kappa shape index (κ3) is 2.91. The topological polar surface area (TPSA) is 60.6 Å². The Kier molecular flexibility index (Phi) is 3.53. The summed E-state index contributed by atoms with van der Waals surface area (Å²) in [6.45, 7) is 5.71. The molecule has 2 rings (SSSR count). The summed E-state index contributed by atoms with van der Waals surface area (Å²) in [5, 5.41) is 7.41. The fraction of sp³-hybridized carbons (Fsp3) is 0.545. The Hall–Kier alpha value is -1.69. The van der Waals surface area contributed by atoms with Crippen LogP contribution in [0.4, 0.5) is 0 Å². The number of hydrogen-bond donors (Lipinski definition) is 1. The first-order valence-electron chi connectivity index (χ1n) is 5.73. The number of nitrogens with zero attached hydrogens (tertiary/aromatic N) is 5. The fourth-order valence-electron chi connectivity index (χ4n) is 1.56. The summed E-state index contributed by atoms with van der Waals surface area (Å²) in [7, 11) is 1.89. The van der Waals surface area contributed by atoms with Gasteiger partial charge in [-0.15, -0.1) is 0 Å². The second-order valence-corrected chi connectivity index (χ2v) is 4.31. The van der Waals surface area contributed by atoms with Crippen LogP contribution < -0.4 is 5.32 Å². The van der Waals surface area contributed by atoms with E-state index in [1.165, 1.54) is 0 Å². The van der Waals surface area contributed by atoms with Crippen molar-refractivity contribution in [2.45, 2.75) is 33.0 Å². The Morgan fingerprint density at radius 1 is 1.29 bits per heavy atom. The summed E-state index contributed by atoms with van der Waals surface area (Å²) in [5.74, 6) is 1.94. The second-order valence-electron chi connectivity index (χ2n) is 4.31. The lowest BCUT2D eigenvalue weighted by Gasteiger charge is -2.10. The second kappa shape index (κ2) is 5.09. The highest BCUT2D eigenvalue weighted by Gasteiger charge is 2.07. The van der Waals surface area contributed by atoms with Gasteiger partial charge in [0.05, 0.1) is 13.1 Å². The lowest BCUT2D eigenvalue weighted by atomic mass is 10.4. The van der Waals surface area contributed by atoms with E-state index in [9.17, 15) is 0 Å². The van der Waals surface area contributed by atoms with Gasteiger partial charge in [-0.3, -0.25) is 4.68 Å². The average molecular weight is 234 g/mol. The van der Waals surface area contributed by atoms with Crippen LogP contribution in [0.3, 0.4) is 0 Å². The van der Waals surface area contributed by atoms with Gasteiger partial charge in [-0.05, 0) is 0 Å². The highest BCUT2D eigenvalue weighted by molar-refractivity contribution is 4.97. The monoisotopic (exact) mass is 234 g/mol. The molecule has 0 aromatic carbocycles. The van der Waals surface area contributed by atoms with E-state index < -0.39 is 0 Å². The summed E-state index contributed by atoms with van der Waals surface area (Å²) >= 11 is 0. The van der Waals surface area contributed by atoms with Crippen LogP contribution in [0.1, 0.15) is 25.5 Å². The van der Waals surface area contributed by atoms with Crippen molar-refractivity contribution in [1.29, 1.82) is 0 Å². The third-order valence-electron chi connectivity index (χ3n) is 2.59. The van der Waals surface area contributed by atoms with Crippen LogP contribution in [-0.2, 0) is 20.1 Å². The molecule has 0 aliphatic carbocycles. The maximum atomic E-state index is 4.34. The molecule has 0 aliphatic heterocycles. The predicted molar refractivity (Wildman–Crippen MR) is 64.3 cm³/mol. The molecule has 0 amide bonds. The molecule has 0 atom stereocenters. The van der Waals surface area contributed by atoms with Gasteiger partial charge in [0, 0.05) is 25.5 Å². The molecule has 17 heavy (non-hydrogen) atoms. The Labute approximate surface area is 101 Å². The van der Waals surface area contributed by atoms with Gasteiger partial charge in [-0.25, -0.2) is 9.97 Å². The summed E-state index contributed by atoms with van der Waals surface area (Å²) in [6.07, 6.45) is 5.35. The minimum atomic E-state index is 0.454. The minimum absolute atomic E-state index is 0.454. The fourth-order valence-corrected chi connectivity index (χ4v) is 1.56. The molecule has 0 bridgehead atoms. The molecule has 2 aromatic heterocycles. The van der Waals surface area contributed by atoms with Gasteiger partial charge in [-0.2, -0.15) is 5.10 Å². The van der Waals surface area contributed by atoms with E-state index in [0.29, 0.717) is 12.6 Å². The van der Waals surface area contributed by atoms with Crippen LogP contribution in [0.2, 0.25) is 0 Å². The third-order valence-corrected chi connectivity index (χ3v) is 2.59. The van der Waals surface area contributed by atoms with Crippen LogP contribution in [0.15, 0.2) is 18.7 Å². The normalized spacial score (nSPS) is 11.3. The average Bonchev–Trinajstić information content (AvgIpc) is 2.87. The van der Waals surface area contributed by atoms with Crippen molar-refractivity contribution >= 4 is 0 Å². The number of nitrogens with one attached hydrogen (secondary N) is 1. The molecule has 6 heteroatoms. The van der Waals surface area contributed by atoms with E-state index in [1.807, 2.05) is 19.4 Å². The molecule has 0 fully saturated rings. The number of aromatic nitrogens is 5. The van der Waals surface area contributed by atoms with Gasteiger partial charge in [-0.1, -0.05) is 13.8 Å². The van der Waals surface area contributed by atoms with Gasteiger partial charge in [0.1, 0.15) is 18.0 Å². The van der Waals surface area contributed by atoms with Crippen LogP contribution in [0, 0.1) is 0 Å². The van der Waals surface area contributed by atoms with Crippen molar-refractivity contribution in [1.82, 2.24) is 29.6 Å². The van der Waals surface area contributed by atoms with Crippen molar-refractivity contribution in [2.75, 3.05) is 0 Å². The predicted octanol–water partition coefficient (Wildman–Crippen LogP) is 0.558. The van der Waals surface area contributed by atoms with Gasteiger partial charge >= 0.3 is 0 Å². The summed E-state index contributed by atoms with van der Waals surface area (Å²) < 4.78 is 3.86. The molecule has 2 heterocycles. The standard InChI is InChI=1S/C11H18N6/c1-9(2)13-6-10-12-4-5-17(10)7-11-14-8-15-16(11)3/h4-5,8-9,13H,6-7H2,1-3H3. The maximum Gasteiger partial charge on any atom is 0.146 e. The number of hydrogen-bond acceptors (Lipinski definition) is 4. The number of rotatable bonds is 5. The zero-order valence-electron chi connectivity index (χ0n) is 10.5. The summed E-state index contributed by atoms with van der Waals surface area (Å²) in [4.78, 5) is 8.55. The summed E-state index contributed by atoms with van der Waals surface area (Å²) in [6, 6.07) is 0.454. The van der Waals surface area contributed by atoms with Gasteiger partial charge < -0.3 is 9.88 Å². The maximum absolute atomic E-state index is 4.34. The van der Waals surface area contributed by atoms with Crippen molar-refractivity contribution in [3.63, 3.8) is 0 Å². The van der Waals surface area contributed by atoms with E-state index in [1.54, 1.807) is 11.0 Å². The first-order valence-corrected chi connectivity index (χ1v) is 5.73. The summed E-state index contributed by atoms with van der Waals surface area (Å²) in [5.41, 5.74) is 0. The SMILES string of the molecule is CC(C)NCc1nccn1Cc1ncnn1C. The zero-order chi connectivity index (χ0) is 12.3. The first-order chi connectivity index (χ1) is 8.16. The Morgan fingerprint density at radius 3 is 2.76 bits per heavy atom. The largest absolute Gasteiger partial charge is 0.326 e. The van der Waals surface area contributed by atoms with E-state index in [4.69, 9.17) is 0 Å². The van der Waals surface area contributed by atoms with Crippen molar-refractivity contribution in [3.8, 4) is 0 Å². The Balaban J connectivity index is 2.06. The molecule has 0 saturated carbocycles. The number of aryl methyl sites for hydroxylation is 1. The molecule has 0 aliphatic rings. The van der Waals surface area contributed by atoms with Crippen molar-refractivity contribution in [2.24, 2.45) is 7.05 Å². The van der Waals surface area contributed by atoms with Crippen molar-refractivity contribution in [3.05, 3.63) is 30.4 Å². The lowest BCUT2D eigenvalue weighted by molar-refractivity contribution is 0.546. The molecular formula is C11H18N6. The molecule has 92 valence electrons. The number of imidazole rings is 1.